The third-order valence-electron chi connectivity index (χ3n) is 4.13. The number of benzene rings is 1. The van der Waals surface area contributed by atoms with E-state index in [9.17, 15) is 9.90 Å². The number of aliphatic carboxylic acids is 1. The van der Waals surface area contributed by atoms with Gasteiger partial charge in [-0.15, -0.1) is 5.10 Å². The van der Waals surface area contributed by atoms with Crippen molar-refractivity contribution in [3.8, 4) is 5.69 Å². The van der Waals surface area contributed by atoms with Gasteiger partial charge in [-0.25, -0.2) is 0 Å². The summed E-state index contributed by atoms with van der Waals surface area (Å²) in [4.78, 5) is 11.8. The maximum Gasteiger partial charge on any atom is 0.312 e. The number of nitrogens with zero attached hydrogens (tertiary/aromatic N) is 4. The second-order valence-electron chi connectivity index (χ2n) is 5.24. The first-order valence-electron chi connectivity index (χ1n) is 6.81. The smallest absolute Gasteiger partial charge is 0.312 e. The van der Waals surface area contributed by atoms with E-state index in [4.69, 9.17) is 4.74 Å². The van der Waals surface area contributed by atoms with Gasteiger partial charge in [-0.05, 0) is 35.9 Å². The molecule has 1 saturated heterocycles. The quantitative estimate of drug-likeness (QED) is 0.905. The fourth-order valence-corrected chi connectivity index (χ4v) is 2.74. The van der Waals surface area contributed by atoms with Crippen LogP contribution >= 0.6 is 0 Å². The molecule has 1 N–H and O–H groups in total. The number of carboxylic acid groups (broad SMARTS) is 1. The highest BCUT2D eigenvalue weighted by Crippen LogP contribution is 2.38. The van der Waals surface area contributed by atoms with E-state index in [0.29, 0.717) is 18.9 Å². The molecule has 1 fully saturated rings. The molecule has 0 radical (unpaired) electrons. The number of carbonyl (C=O) groups is 1. The predicted molar refractivity (Wildman–Crippen MR) is 73.0 cm³/mol. The molecule has 1 aromatic heterocycles. The summed E-state index contributed by atoms with van der Waals surface area (Å²) in [5.41, 5.74) is -0.161. The topological polar surface area (TPSA) is 90.1 Å². The van der Waals surface area contributed by atoms with Crippen LogP contribution in [0, 0.1) is 5.41 Å². The molecule has 2 aromatic rings. The zero-order chi connectivity index (χ0) is 14.9. The third kappa shape index (κ3) is 2.29. The minimum absolute atomic E-state index is 0.241. The summed E-state index contributed by atoms with van der Waals surface area (Å²) in [6.07, 6.45) is 0.340. The molecule has 0 saturated carbocycles. The van der Waals surface area contributed by atoms with Crippen LogP contribution in [0.4, 0.5) is 0 Å². The molecule has 0 spiro atoms. The van der Waals surface area contributed by atoms with Gasteiger partial charge in [0.1, 0.15) is 5.41 Å². The Hall–Kier alpha value is -2.28. The largest absolute Gasteiger partial charge is 0.481 e. The van der Waals surface area contributed by atoms with E-state index >= 15 is 0 Å². The highest BCUT2D eigenvalue weighted by molar-refractivity contribution is 5.76. The van der Waals surface area contributed by atoms with Crippen LogP contribution < -0.4 is 0 Å². The lowest BCUT2D eigenvalue weighted by molar-refractivity contribution is -0.152. The second-order valence-corrected chi connectivity index (χ2v) is 5.24. The molecule has 0 aliphatic carbocycles. The number of rotatable bonds is 4. The Balaban J connectivity index is 1.96. The number of carboxylic acids is 1. The minimum Gasteiger partial charge on any atom is -0.481 e. The number of para-hydroxylation sites is 1. The number of aromatic nitrogens is 4. The van der Waals surface area contributed by atoms with Gasteiger partial charge in [-0.1, -0.05) is 18.2 Å². The summed E-state index contributed by atoms with van der Waals surface area (Å²) in [6, 6.07) is 9.42. The Kier molecular flexibility index (Phi) is 3.42. The van der Waals surface area contributed by atoms with Gasteiger partial charge in [-0.2, -0.15) is 4.68 Å². The number of ether oxygens (including phenoxy) is 1. The van der Waals surface area contributed by atoms with Crippen LogP contribution in [-0.2, 0) is 16.0 Å². The third-order valence-corrected chi connectivity index (χ3v) is 4.13. The van der Waals surface area contributed by atoms with E-state index in [1.165, 1.54) is 0 Å². The standard InChI is InChI=1S/C14H16N4O3/c1-10-14(13(19)20,7-8-21-10)9-12-15-16-17-18(12)11-5-3-2-4-6-11/h2-6,10H,7-9H2,1H3,(H,19,20). The van der Waals surface area contributed by atoms with Crippen molar-refractivity contribution in [2.75, 3.05) is 6.61 Å². The normalized spacial score (nSPS) is 25.1. The summed E-state index contributed by atoms with van der Waals surface area (Å²) in [5, 5.41) is 21.3. The van der Waals surface area contributed by atoms with Crippen LogP contribution in [0.5, 0.6) is 0 Å². The molecule has 1 aliphatic heterocycles. The van der Waals surface area contributed by atoms with Crippen molar-refractivity contribution in [2.45, 2.75) is 25.9 Å². The van der Waals surface area contributed by atoms with Gasteiger partial charge in [0.05, 0.1) is 11.8 Å². The molecule has 2 unspecified atom stereocenters. The van der Waals surface area contributed by atoms with Gasteiger partial charge in [0, 0.05) is 13.0 Å². The molecular formula is C14H16N4O3. The molecule has 21 heavy (non-hydrogen) atoms. The molecule has 3 rings (SSSR count). The highest BCUT2D eigenvalue weighted by atomic mass is 16.5. The molecule has 1 aromatic carbocycles. The van der Waals surface area contributed by atoms with Crippen molar-refractivity contribution in [1.82, 2.24) is 20.2 Å². The van der Waals surface area contributed by atoms with Crippen molar-refractivity contribution in [3.63, 3.8) is 0 Å². The molecule has 0 bridgehead atoms. The fourth-order valence-electron chi connectivity index (χ4n) is 2.74. The molecule has 1 aliphatic rings. The van der Waals surface area contributed by atoms with Gasteiger partial charge in [0.2, 0.25) is 0 Å². The Morgan fingerprint density at radius 1 is 1.48 bits per heavy atom. The van der Waals surface area contributed by atoms with Crippen molar-refractivity contribution in [2.24, 2.45) is 5.41 Å². The number of hydrogen-bond acceptors (Lipinski definition) is 5. The van der Waals surface area contributed by atoms with E-state index in [1.54, 1.807) is 11.6 Å². The summed E-state index contributed by atoms with van der Waals surface area (Å²) >= 11 is 0. The maximum atomic E-state index is 11.8. The summed E-state index contributed by atoms with van der Waals surface area (Å²) in [5.74, 6) is -0.337. The summed E-state index contributed by atoms with van der Waals surface area (Å²) < 4.78 is 7.04. The second kappa shape index (κ2) is 5.25. The van der Waals surface area contributed by atoms with Gasteiger partial charge >= 0.3 is 5.97 Å². The molecule has 0 amide bonds. The van der Waals surface area contributed by atoms with Crippen molar-refractivity contribution < 1.29 is 14.6 Å². The Labute approximate surface area is 121 Å². The number of hydrogen-bond donors (Lipinski definition) is 1. The molecule has 7 nitrogen and oxygen atoms in total. The summed E-state index contributed by atoms with van der Waals surface area (Å²) in [6.45, 7) is 2.23. The Morgan fingerprint density at radius 2 is 2.24 bits per heavy atom. The average molecular weight is 288 g/mol. The molecule has 2 heterocycles. The summed E-state index contributed by atoms with van der Waals surface area (Å²) in [7, 11) is 0. The van der Waals surface area contributed by atoms with E-state index < -0.39 is 11.4 Å². The first-order valence-corrected chi connectivity index (χ1v) is 6.81. The Bertz CT molecular complexity index is 643. The van der Waals surface area contributed by atoms with Crippen LogP contribution in [-0.4, -0.2) is 44.0 Å². The van der Waals surface area contributed by atoms with Crippen LogP contribution in [0.15, 0.2) is 30.3 Å². The van der Waals surface area contributed by atoms with E-state index in [2.05, 4.69) is 15.5 Å². The van der Waals surface area contributed by atoms with Gasteiger partial charge in [0.25, 0.3) is 0 Å². The molecule has 2 atom stereocenters. The zero-order valence-corrected chi connectivity index (χ0v) is 11.6. The van der Waals surface area contributed by atoms with Crippen molar-refractivity contribution in [3.05, 3.63) is 36.2 Å². The molecule has 110 valence electrons. The van der Waals surface area contributed by atoms with Crippen molar-refractivity contribution in [1.29, 1.82) is 0 Å². The average Bonchev–Trinajstić information content (AvgIpc) is 3.08. The van der Waals surface area contributed by atoms with Crippen LogP contribution in [0.2, 0.25) is 0 Å². The lowest BCUT2D eigenvalue weighted by Crippen LogP contribution is -2.40. The first-order chi connectivity index (χ1) is 10.1. The zero-order valence-electron chi connectivity index (χ0n) is 11.6. The van der Waals surface area contributed by atoms with Crippen molar-refractivity contribution >= 4 is 5.97 Å². The van der Waals surface area contributed by atoms with Gasteiger partial charge in [0.15, 0.2) is 5.82 Å². The van der Waals surface area contributed by atoms with Crippen LogP contribution in [0.3, 0.4) is 0 Å². The van der Waals surface area contributed by atoms with E-state index in [1.807, 2.05) is 30.3 Å². The Morgan fingerprint density at radius 3 is 2.86 bits per heavy atom. The van der Waals surface area contributed by atoms with Crippen LogP contribution in [0.25, 0.3) is 5.69 Å². The highest BCUT2D eigenvalue weighted by Gasteiger charge is 2.49. The lowest BCUT2D eigenvalue weighted by Gasteiger charge is -2.26. The predicted octanol–water partition coefficient (Wildman–Crippen LogP) is 1.08. The lowest BCUT2D eigenvalue weighted by atomic mass is 9.78. The molecular weight excluding hydrogens is 272 g/mol. The SMILES string of the molecule is CC1OCCC1(Cc1nnnn1-c1ccccc1)C(=O)O. The molecule has 7 heteroatoms. The van der Waals surface area contributed by atoms with Gasteiger partial charge < -0.3 is 9.84 Å². The minimum atomic E-state index is -0.971. The van der Waals surface area contributed by atoms with E-state index in [-0.39, 0.29) is 12.5 Å². The first kappa shape index (κ1) is 13.7. The van der Waals surface area contributed by atoms with E-state index in [0.717, 1.165) is 5.69 Å². The monoisotopic (exact) mass is 288 g/mol. The van der Waals surface area contributed by atoms with Crippen LogP contribution in [0.1, 0.15) is 19.2 Å². The van der Waals surface area contributed by atoms with Gasteiger partial charge in [-0.3, -0.25) is 4.79 Å². The fraction of sp³-hybridized carbons (Fsp3) is 0.429. The number of tetrazole rings is 1. The maximum absolute atomic E-state index is 11.8.